The van der Waals surface area contributed by atoms with E-state index in [9.17, 15) is 4.79 Å². The Bertz CT molecular complexity index is 279. The van der Waals surface area contributed by atoms with E-state index in [4.69, 9.17) is 9.47 Å². The average molecular weight is 284 g/mol. The standard InChI is InChI=1S/C15H28N2O3/c1-12(2)16-9-15(18)17(10-13-5-3-7-19-13)11-14-6-4-8-20-14/h12-14,16H,3-11H2,1-2H3. The van der Waals surface area contributed by atoms with Gasteiger partial charge in [-0.05, 0) is 25.7 Å². The maximum atomic E-state index is 12.4. The lowest BCUT2D eigenvalue weighted by Crippen LogP contribution is -2.46. The molecule has 0 aromatic carbocycles. The first kappa shape index (κ1) is 15.7. The largest absolute Gasteiger partial charge is 0.376 e. The second-order valence-corrected chi connectivity index (χ2v) is 6.10. The Kier molecular flexibility index (Phi) is 6.26. The van der Waals surface area contributed by atoms with E-state index in [2.05, 4.69) is 19.2 Å². The van der Waals surface area contributed by atoms with Crippen molar-refractivity contribution in [1.82, 2.24) is 10.2 Å². The van der Waals surface area contributed by atoms with Gasteiger partial charge in [-0.25, -0.2) is 0 Å². The van der Waals surface area contributed by atoms with Gasteiger partial charge in [0.05, 0.1) is 18.8 Å². The topological polar surface area (TPSA) is 50.8 Å². The van der Waals surface area contributed by atoms with Crippen LogP contribution >= 0.6 is 0 Å². The molecular weight excluding hydrogens is 256 g/mol. The molecule has 0 aromatic heterocycles. The Morgan fingerprint density at radius 2 is 1.70 bits per heavy atom. The van der Waals surface area contributed by atoms with Crippen molar-refractivity contribution in [3.8, 4) is 0 Å². The summed E-state index contributed by atoms with van der Waals surface area (Å²) in [6, 6.07) is 0.325. The van der Waals surface area contributed by atoms with Crippen molar-refractivity contribution in [2.24, 2.45) is 0 Å². The van der Waals surface area contributed by atoms with Crippen LogP contribution in [0.3, 0.4) is 0 Å². The van der Waals surface area contributed by atoms with Crippen LogP contribution in [0.5, 0.6) is 0 Å². The summed E-state index contributed by atoms with van der Waals surface area (Å²) in [5.41, 5.74) is 0. The number of carbonyl (C=O) groups is 1. The first-order valence-electron chi connectivity index (χ1n) is 7.89. The molecule has 2 aliphatic rings. The molecule has 0 aliphatic carbocycles. The molecule has 1 amide bonds. The van der Waals surface area contributed by atoms with E-state index in [1.807, 2.05) is 4.90 Å². The second-order valence-electron chi connectivity index (χ2n) is 6.10. The van der Waals surface area contributed by atoms with Crippen LogP contribution in [0.25, 0.3) is 0 Å². The van der Waals surface area contributed by atoms with Gasteiger partial charge in [0.1, 0.15) is 0 Å². The van der Waals surface area contributed by atoms with E-state index in [1.54, 1.807) is 0 Å². The zero-order valence-electron chi connectivity index (χ0n) is 12.8. The molecule has 0 radical (unpaired) electrons. The second kappa shape index (κ2) is 7.96. The van der Waals surface area contributed by atoms with Crippen molar-refractivity contribution in [2.75, 3.05) is 32.8 Å². The van der Waals surface area contributed by atoms with Crippen molar-refractivity contribution in [2.45, 2.75) is 57.8 Å². The average Bonchev–Trinajstić information content (AvgIpc) is 3.08. The van der Waals surface area contributed by atoms with E-state index in [1.165, 1.54) is 0 Å². The lowest BCUT2D eigenvalue weighted by atomic mass is 10.2. The highest BCUT2D eigenvalue weighted by Gasteiger charge is 2.26. The molecule has 0 saturated carbocycles. The van der Waals surface area contributed by atoms with Crippen LogP contribution in [0, 0.1) is 0 Å². The zero-order valence-corrected chi connectivity index (χ0v) is 12.8. The molecule has 2 aliphatic heterocycles. The summed E-state index contributed by atoms with van der Waals surface area (Å²) in [6.45, 7) is 7.58. The third kappa shape index (κ3) is 5.04. The van der Waals surface area contributed by atoms with Gasteiger partial charge in [0.15, 0.2) is 0 Å². The predicted octanol–water partition coefficient (Wildman–Crippen LogP) is 1.17. The highest BCUT2D eigenvalue weighted by atomic mass is 16.5. The Morgan fingerprint density at radius 1 is 1.15 bits per heavy atom. The maximum Gasteiger partial charge on any atom is 0.236 e. The minimum absolute atomic E-state index is 0.157. The molecule has 2 saturated heterocycles. The highest BCUT2D eigenvalue weighted by molar-refractivity contribution is 5.78. The molecule has 2 fully saturated rings. The Balaban J connectivity index is 1.85. The van der Waals surface area contributed by atoms with Crippen LogP contribution in [0.1, 0.15) is 39.5 Å². The van der Waals surface area contributed by atoms with E-state index < -0.39 is 0 Å². The first-order valence-corrected chi connectivity index (χ1v) is 7.89. The number of nitrogens with zero attached hydrogens (tertiary/aromatic N) is 1. The summed E-state index contributed by atoms with van der Waals surface area (Å²) in [6.07, 6.45) is 4.76. The third-order valence-corrected chi connectivity index (χ3v) is 3.91. The van der Waals surface area contributed by atoms with Gasteiger partial charge in [-0.2, -0.15) is 0 Å². The lowest BCUT2D eigenvalue weighted by molar-refractivity contribution is -0.133. The van der Waals surface area contributed by atoms with Crippen molar-refractivity contribution in [1.29, 1.82) is 0 Å². The van der Waals surface area contributed by atoms with Crippen molar-refractivity contribution in [3.05, 3.63) is 0 Å². The van der Waals surface area contributed by atoms with Crippen LogP contribution in [-0.4, -0.2) is 61.9 Å². The fraction of sp³-hybridized carbons (Fsp3) is 0.933. The summed E-state index contributed by atoms with van der Waals surface area (Å²) in [5, 5.41) is 3.20. The van der Waals surface area contributed by atoms with E-state index >= 15 is 0 Å². The van der Waals surface area contributed by atoms with Gasteiger partial charge in [-0.15, -0.1) is 0 Å². The fourth-order valence-electron chi connectivity index (χ4n) is 2.75. The Labute approximate surface area is 122 Å². The van der Waals surface area contributed by atoms with Crippen molar-refractivity contribution in [3.63, 3.8) is 0 Å². The van der Waals surface area contributed by atoms with E-state index in [0.717, 1.165) is 38.9 Å². The molecule has 1 N–H and O–H groups in total. The number of amides is 1. The molecule has 0 bridgehead atoms. The van der Waals surface area contributed by atoms with Crippen molar-refractivity contribution >= 4 is 5.91 Å². The number of ether oxygens (including phenoxy) is 2. The summed E-state index contributed by atoms with van der Waals surface area (Å²) in [4.78, 5) is 14.3. The van der Waals surface area contributed by atoms with Crippen LogP contribution in [-0.2, 0) is 14.3 Å². The van der Waals surface area contributed by atoms with Gasteiger partial charge < -0.3 is 19.7 Å². The van der Waals surface area contributed by atoms with Gasteiger partial charge >= 0.3 is 0 Å². The molecular formula is C15H28N2O3. The molecule has 2 unspecified atom stereocenters. The summed E-state index contributed by atoms with van der Waals surface area (Å²) >= 11 is 0. The molecule has 5 nitrogen and oxygen atoms in total. The number of hydrogen-bond acceptors (Lipinski definition) is 4. The van der Waals surface area contributed by atoms with Gasteiger partial charge in [0, 0.05) is 32.3 Å². The van der Waals surface area contributed by atoms with Gasteiger partial charge in [0.2, 0.25) is 5.91 Å². The van der Waals surface area contributed by atoms with Crippen LogP contribution in [0.4, 0.5) is 0 Å². The zero-order chi connectivity index (χ0) is 14.4. The fourth-order valence-corrected chi connectivity index (χ4v) is 2.75. The quantitative estimate of drug-likeness (QED) is 0.762. The lowest BCUT2D eigenvalue weighted by Gasteiger charge is -2.28. The van der Waals surface area contributed by atoms with Crippen LogP contribution in [0.2, 0.25) is 0 Å². The molecule has 2 atom stereocenters. The molecule has 2 heterocycles. The van der Waals surface area contributed by atoms with Gasteiger partial charge in [-0.1, -0.05) is 13.8 Å². The molecule has 5 heteroatoms. The summed E-state index contributed by atoms with van der Waals surface area (Å²) in [5.74, 6) is 0.157. The SMILES string of the molecule is CC(C)NCC(=O)N(CC1CCCO1)CC1CCCO1. The summed E-state index contributed by atoms with van der Waals surface area (Å²) in [7, 11) is 0. The van der Waals surface area contributed by atoms with Gasteiger partial charge in [-0.3, -0.25) is 4.79 Å². The third-order valence-electron chi connectivity index (χ3n) is 3.91. The van der Waals surface area contributed by atoms with E-state index in [-0.39, 0.29) is 18.1 Å². The number of hydrogen-bond donors (Lipinski definition) is 1. The van der Waals surface area contributed by atoms with Gasteiger partial charge in [0.25, 0.3) is 0 Å². The molecule has 0 spiro atoms. The Hall–Kier alpha value is -0.650. The van der Waals surface area contributed by atoms with Crippen LogP contribution in [0.15, 0.2) is 0 Å². The van der Waals surface area contributed by atoms with Crippen LogP contribution < -0.4 is 5.32 Å². The monoisotopic (exact) mass is 284 g/mol. The maximum absolute atomic E-state index is 12.4. The molecule has 0 aromatic rings. The Morgan fingerprint density at radius 3 is 2.10 bits per heavy atom. The molecule has 2 rings (SSSR count). The number of carbonyl (C=O) groups excluding carboxylic acids is 1. The smallest absolute Gasteiger partial charge is 0.236 e. The normalized spacial score (nSPS) is 26.4. The van der Waals surface area contributed by atoms with Crippen molar-refractivity contribution < 1.29 is 14.3 Å². The molecule has 116 valence electrons. The minimum atomic E-state index is 0.157. The van der Waals surface area contributed by atoms with E-state index in [0.29, 0.717) is 25.7 Å². The minimum Gasteiger partial charge on any atom is -0.376 e. The first-order chi connectivity index (χ1) is 9.65. The number of nitrogens with one attached hydrogen (secondary N) is 1. The number of rotatable bonds is 7. The highest BCUT2D eigenvalue weighted by Crippen LogP contribution is 2.17. The molecule has 20 heavy (non-hydrogen) atoms. The predicted molar refractivity (Wildman–Crippen MR) is 77.7 cm³/mol. The summed E-state index contributed by atoms with van der Waals surface area (Å²) < 4.78 is 11.3.